The van der Waals surface area contributed by atoms with Gasteiger partial charge in [-0.25, -0.2) is 17.5 Å². The molecule has 132 valence electrons. The van der Waals surface area contributed by atoms with Crippen LogP contribution in [-0.4, -0.2) is 43.6 Å². The minimum Gasteiger partial charge on any atom is -0.338 e. The first-order valence-electron chi connectivity index (χ1n) is 8.55. The van der Waals surface area contributed by atoms with E-state index in [1.807, 2.05) is 31.2 Å². The molecular weight excluding hydrogens is 326 g/mol. The Bertz CT molecular complexity index is 676. The molecule has 0 atom stereocenters. The molecule has 2 amide bonds. The van der Waals surface area contributed by atoms with Crippen molar-refractivity contribution in [3.05, 3.63) is 29.8 Å². The summed E-state index contributed by atoms with van der Waals surface area (Å²) in [7, 11) is -3.05. The standard InChI is InChI=1S/C17H25N3O3S/c1-13-2-4-15(5-3-13)19-17(21)18-12-14-8-10-20(11-9-14)24(22,23)16-6-7-16/h2-5,14,16H,6-12H2,1H3,(H2,18,19,21). The number of aryl methyl sites for hydroxylation is 1. The van der Waals surface area contributed by atoms with E-state index in [-0.39, 0.29) is 11.3 Å². The molecule has 2 fully saturated rings. The number of benzene rings is 1. The number of rotatable bonds is 5. The van der Waals surface area contributed by atoms with Crippen molar-refractivity contribution in [1.29, 1.82) is 0 Å². The summed E-state index contributed by atoms with van der Waals surface area (Å²) in [6.45, 7) is 3.73. The topological polar surface area (TPSA) is 78.5 Å². The molecule has 3 rings (SSSR count). The van der Waals surface area contributed by atoms with Gasteiger partial charge in [-0.15, -0.1) is 0 Å². The fourth-order valence-electron chi connectivity index (χ4n) is 2.99. The fraction of sp³-hybridized carbons (Fsp3) is 0.588. The highest BCUT2D eigenvalue weighted by Gasteiger charge is 2.41. The smallest absolute Gasteiger partial charge is 0.319 e. The summed E-state index contributed by atoms with van der Waals surface area (Å²) in [6.07, 6.45) is 3.22. The molecule has 1 saturated carbocycles. The predicted molar refractivity (Wildman–Crippen MR) is 94.4 cm³/mol. The lowest BCUT2D eigenvalue weighted by atomic mass is 9.98. The summed E-state index contributed by atoms with van der Waals surface area (Å²) in [4.78, 5) is 11.9. The summed E-state index contributed by atoms with van der Waals surface area (Å²) in [6, 6.07) is 7.43. The molecule has 0 radical (unpaired) electrons. The van der Waals surface area contributed by atoms with Gasteiger partial charge in [0.25, 0.3) is 0 Å². The van der Waals surface area contributed by atoms with Crippen LogP contribution in [0.4, 0.5) is 10.5 Å². The first-order valence-corrected chi connectivity index (χ1v) is 10.1. The third-order valence-electron chi connectivity index (χ3n) is 4.74. The highest BCUT2D eigenvalue weighted by molar-refractivity contribution is 7.90. The van der Waals surface area contributed by atoms with Crippen molar-refractivity contribution in [2.24, 2.45) is 5.92 Å². The SMILES string of the molecule is Cc1ccc(NC(=O)NCC2CCN(S(=O)(=O)C3CC3)CC2)cc1. The molecule has 1 aromatic carbocycles. The lowest BCUT2D eigenvalue weighted by molar-refractivity contribution is 0.240. The predicted octanol–water partition coefficient (Wildman–Crippen LogP) is 2.32. The van der Waals surface area contributed by atoms with Gasteiger partial charge < -0.3 is 10.6 Å². The first-order chi connectivity index (χ1) is 11.4. The molecule has 1 saturated heterocycles. The van der Waals surface area contributed by atoms with Crippen LogP contribution >= 0.6 is 0 Å². The Morgan fingerprint density at radius 1 is 1.12 bits per heavy atom. The van der Waals surface area contributed by atoms with Crippen molar-refractivity contribution < 1.29 is 13.2 Å². The average molecular weight is 351 g/mol. The summed E-state index contributed by atoms with van der Waals surface area (Å²) < 4.78 is 26.0. The Labute approximate surface area is 143 Å². The van der Waals surface area contributed by atoms with Gasteiger partial charge in [0, 0.05) is 25.3 Å². The maximum Gasteiger partial charge on any atom is 0.319 e. The van der Waals surface area contributed by atoms with Crippen LogP contribution in [0.25, 0.3) is 0 Å². The van der Waals surface area contributed by atoms with Gasteiger partial charge in [-0.1, -0.05) is 17.7 Å². The van der Waals surface area contributed by atoms with Gasteiger partial charge in [0.2, 0.25) is 10.0 Å². The molecule has 1 aliphatic heterocycles. The van der Waals surface area contributed by atoms with E-state index < -0.39 is 10.0 Å². The molecule has 1 heterocycles. The number of urea groups is 1. The maximum absolute atomic E-state index is 12.2. The van der Waals surface area contributed by atoms with Crippen molar-refractivity contribution in [2.75, 3.05) is 25.0 Å². The number of hydrogen-bond donors (Lipinski definition) is 2. The fourth-order valence-corrected chi connectivity index (χ4v) is 4.87. The molecule has 2 aliphatic rings. The monoisotopic (exact) mass is 351 g/mol. The highest BCUT2D eigenvalue weighted by atomic mass is 32.2. The van der Waals surface area contributed by atoms with E-state index in [2.05, 4.69) is 10.6 Å². The zero-order chi connectivity index (χ0) is 17.2. The van der Waals surface area contributed by atoms with Crippen LogP contribution in [0, 0.1) is 12.8 Å². The van der Waals surface area contributed by atoms with Crippen molar-refractivity contribution in [2.45, 2.75) is 37.9 Å². The molecule has 7 heteroatoms. The third kappa shape index (κ3) is 4.27. The minimum absolute atomic E-state index is 0.132. The maximum atomic E-state index is 12.2. The molecule has 1 aliphatic carbocycles. The van der Waals surface area contributed by atoms with Crippen LogP contribution in [0.2, 0.25) is 0 Å². The molecule has 24 heavy (non-hydrogen) atoms. The number of carbonyl (C=O) groups excluding carboxylic acids is 1. The highest BCUT2D eigenvalue weighted by Crippen LogP contribution is 2.33. The summed E-state index contributed by atoms with van der Waals surface area (Å²) in [5, 5.41) is 5.56. The van der Waals surface area contributed by atoms with Gasteiger partial charge in [-0.3, -0.25) is 0 Å². The van der Waals surface area contributed by atoms with Crippen LogP contribution in [-0.2, 0) is 10.0 Å². The van der Waals surface area contributed by atoms with Crippen LogP contribution in [0.1, 0.15) is 31.2 Å². The van der Waals surface area contributed by atoms with E-state index >= 15 is 0 Å². The first kappa shape index (κ1) is 17.2. The molecule has 1 aromatic rings. The van der Waals surface area contributed by atoms with Crippen molar-refractivity contribution >= 4 is 21.7 Å². The van der Waals surface area contributed by atoms with Gasteiger partial charge in [-0.2, -0.15) is 0 Å². The number of hydrogen-bond acceptors (Lipinski definition) is 3. The Morgan fingerprint density at radius 3 is 2.33 bits per heavy atom. The average Bonchev–Trinajstić information content (AvgIpc) is 3.41. The van der Waals surface area contributed by atoms with E-state index in [0.29, 0.717) is 25.6 Å². The van der Waals surface area contributed by atoms with Crippen molar-refractivity contribution in [3.8, 4) is 0 Å². The Hall–Kier alpha value is -1.60. The van der Waals surface area contributed by atoms with Crippen LogP contribution in [0.15, 0.2) is 24.3 Å². The lowest BCUT2D eigenvalue weighted by Crippen LogP contribution is -2.43. The molecule has 0 aromatic heterocycles. The molecule has 6 nitrogen and oxygen atoms in total. The zero-order valence-corrected chi connectivity index (χ0v) is 14.8. The van der Waals surface area contributed by atoms with E-state index in [9.17, 15) is 13.2 Å². The van der Waals surface area contributed by atoms with E-state index in [4.69, 9.17) is 0 Å². The number of nitrogens with zero attached hydrogens (tertiary/aromatic N) is 1. The van der Waals surface area contributed by atoms with E-state index in [1.54, 1.807) is 4.31 Å². The number of piperidine rings is 1. The van der Waals surface area contributed by atoms with Crippen LogP contribution in [0.3, 0.4) is 0 Å². The van der Waals surface area contributed by atoms with Crippen molar-refractivity contribution in [1.82, 2.24) is 9.62 Å². The summed E-state index contributed by atoms with van der Waals surface area (Å²) in [5.74, 6) is 0.333. The molecular formula is C17H25N3O3S. The van der Waals surface area contributed by atoms with Gasteiger partial charge in [0.15, 0.2) is 0 Å². The molecule has 0 unspecified atom stereocenters. The largest absolute Gasteiger partial charge is 0.338 e. The number of anilines is 1. The number of carbonyl (C=O) groups is 1. The van der Waals surface area contributed by atoms with Gasteiger partial charge in [0.1, 0.15) is 0 Å². The quantitative estimate of drug-likeness (QED) is 0.854. The Morgan fingerprint density at radius 2 is 1.75 bits per heavy atom. The van der Waals surface area contributed by atoms with Gasteiger partial charge >= 0.3 is 6.03 Å². The number of amides is 2. The second-order valence-electron chi connectivity index (χ2n) is 6.79. The Kier molecular flexibility index (Phi) is 5.10. The molecule has 2 N–H and O–H groups in total. The lowest BCUT2D eigenvalue weighted by Gasteiger charge is -2.31. The van der Waals surface area contributed by atoms with E-state index in [1.165, 1.54) is 0 Å². The van der Waals surface area contributed by atoms with Gasteiger partial charge in [-0.05, 0) is 50.7 Å². The number of nitrogens with one attached hydrogen (secondary N) is 2. The summed E-state index contributed by atoms with van der Waals surface area (Å²) in [5.41, 5.74) is 1.91. The third-order valence-corrected chi connectivity index (χ3v) is 7.14. The van der Waals surface area contributed by atoms with Crippen molar-refractivity contribution in [3.63, 3.8) is 0 Å². The second-order valence-corrected chi connectivity index (χ2v) is 9.00. The van der Waals surface area contributed by atoms with Crippen LogP contribution in [0.5, 0.6) is 0 Å². The zero-order valence-electron chi connectivity index (χ0n) is 14.0. The molecule has 0 bridgehead atoms. The second kappa shape index (κ2) is 7.11. The minimum atomic E-state index is -3.05. The van der Waals surface area contributed by atoms with Crippen LogP contribution < -0.4 is 10.6 Å². The molecule has 0 spiro atoms. The van der Waals surface area contributed by atoms with Gasteiger partial charge in [0.05, 0.1) is 5.25 Å². The normalized spacial score (nSPS) is 19.9. The Balaban J connectivity index is 1.40. The number of sulfonamides is 1. The van der Waals surface area contributed by atoms with E-state index in [0.717, 1.165) is 36.9 Å². The summed E-state index contributed by atoms with van der Waals surface area (Å²) >= 11 is 0.